The van der Waals surface area contributed by atoms with Crippen LogP contribution in [0.25, 0.3) is 0 Å². The molecule has 0 aromatic carbocycles. The Labute approximate surface area is 121 Å². The normalized spacial score (nSPS) is 12.9. The molecule has 0 spiro atoms. The summed E-state index contributed by atoms with van der Waals surface area (Å²) in [5.41, 5.74) is 0.447. The maximum absolute atomic E-state index is 9.21. The molecule has 116 valence electrons. The van der Waals surface area contributed by atoms with Gasteiger partial charge in [-0.3, -0.25) is 0 Å². The van der Waals surface area contributed by atoms with Crippen LogP contribution in [0.2, 0.25) is 0 Å². The molecule has 0 unspecified atom stereocenters. The van der Waals surface area contributed by atoms with E-state index in [1.54, 1.807) is 0 Å². The predicted molar refractivity (Wildman–Crippen MR) is 85.3 cm³/mol. The van der Waals surface area contributed by atoms with E-state index in [0.29, 0.717) is 12.0 Å². The van der Waals surface area contributed by atoms with Gasteiger partial charge < -0.3 is 9.59 Å². The fourth-order valence-corrected chi connectivity index (χ4v) is 3.27. The van der Waals surface area contributed by atoms with Crippen molar-refractivity contribution in [3.05, 3.63) is 0 Å². The number of rotatable bonds is 12. The number of likely N-dealkylation sites (N-methyl/N-ethyl adjacent to an activating group) is 1. The summed E-state index contributed by atoms with van der Waals surface area (Å²) >= 11 is 0. The molecule has 19 heavy (non-hydrogen) atoms. The second-order valence-electron chi connectivity index (χ2n) is 7.27. The molecule has 0 aromatic rings. The van der Waals surface area contributed by atoms with Crippen molar-refractivity contribution in [2.24, 2.45) is 5.41 Å². The van der Waals surface area contributed by atoms with Crippen LogP contribution < -0.4 is 0 Å². The quantitative estimate of drug-likeness (QED) is 0.416. The van der Waals surface area contributed by atoms with Crippen LogP contribution in [0.4, 0.5) is 0 Å². The van der Waals surface area contributed by atoms with Crippen molar-refractivity contribution in [2.45, 2.75) is 72.1 Å². The molecule has 0 heterocycles. The predicted octanol–water partition coefficient (Wildman–Crippen LogP) is 4.22. The Balaban J connectivity index is 4.45. The third-order valence-electron chi connectivity index (χ3n) is 4.28. The molecule has 0 fully saturated rings. The Morgan fingerprint density at radius 1 is 0.895 bits per heavy atom. The second kappa shape index (κ2) is 9.77. The van der Waals surface area contributed by atoms with Gasteiger partial charge in [-0.25, -0.2) is 0 Å². The van der Waals surface area contributed by atoms with Gasteiger partial charge in [0.05, 0.1) is 27.2 Å². The summed E-state index contributed by atoms with van der Waals surface area (Å²) in [5.74, 6) is 0. The summed E-state index contributed by atoms with van der Waals surface area (Å²) in [6, 6.07) is 0. The van der Waals surface area contributed by atoms with E-state index in [9.17, 15) is 5.11 Å². The minimum atomic E-state index is 0.299. The van der Waals surface area contributed by atoms with Gasteiger partial charge in [0.1, 0.15) is 6.54 Å². The Morgan fingerprint density at radius 3 is 1.74 bits per heavy atom. The first-order chi connectivity index (χ1) is 8.89. The van der Waals surface area contributed by atoms with E-state index in [1.165, 1.54) is 57.9 Å². The molecule has 0 amide bonds. The van der Waals surface area contributed by atoms with E-state index < -0.39 is 0 Å². The lowest BCUT2D eigenvalue weighted by molar-refractivity contribution is -0.897. The monoisotopic (exact) mass is 272 g/mol. The van der Waals surface area contributed by atoms with Gasteiger partial charge in [0, 0.05) is 5.41 Å². The van der Waals surface area contributed by atoms with Crippen molar-refractivity contribution >= 4 is 0 Å². The fraction of sp³-hybridized carbons (Fsp3) is 1.00. The van der Waals surface area contributed by atoms with Gasteiger partial charge in [-0.1, -0.05) is 59.3 Å². The molecule has 0 aliphatic carbocycles. The van der Waals surface area contributed by atoms with E-state index in [0.717, 1.165) is 11.0 Å². The van der Waals surface area contributed by atoms with E-state index >= 15 is 0 Å². The summed E-state index contributed by atoms with van der Waals surface area (Å²) in [7, 11) is 4.52. The lowest BCUT2D eigenvalue weighted by Crippen LogP contribution is -2.48. The van der Waals surface area contributed by atoms with Gasteiger partial charge in [-0.15, -0.1) is 0 Å². The Bertz CT molecular complexity index is 203. The van der Waals surface area contributed by atoms with Crippen LogP contribution in [0.3, 0.4) is 0 Å². The van der Waals surface area contributed by atoms with Crippen LogP contribution in [-0.2, 0) is 0 Å². The van der Waals surface area contributed by atoms with Crippen molar-refractivity contribution in [3.63, 3.8) is 0 Å². The fourth-order valence-electron chi connectivity index (χ4n) is 3.27. The number of aliphatic hydroxyl groups is 1. The third kappa shape index (κ3) is 9.45. The molecule has 0 saturated heterocycles. The first-order valence-electron chi connectivity index (χ1n) is 8.32. The molecule has 2 nitrogen and oxygen atoms in total. The van der Waals surface area contributed by atoms with E-state index in [4.69, 9.17) is 0 Å². The minimum Gasteiger partial charge on any atom is -0.391 e. The molecule has 0 aromatic heterocycles. The third-order valence-corrected chi connectivity index (χ3v) is 4.28. The first-order valence-corrected chi connectivity index (χ1v) is 8.32. The molecule has 2 heteroatoms. The van der Waals surface area contributed by atoms with Gasteiger partial charge in [-0.2, -0.15) is 0 Å². The number of nitrogens with zero attached hydrogens (tertiary/aromatic N) is 1. The largest absolute Gasteiger partial charge is 0.391 e. The highest BCUT2D eigenvalue weighted by atomic mass is 16.3. The van der Waals surface area contributed by atoms with Crippen molar-refractivity contribution in [3.8, 4) is 0 Å². The standard InChI is InChI=1S/C17H38NO/c1-6-8-10-12-17(3,13-11-9-7-2)16-18(4,5)14-15-19/h19H,6-16H2,1-5H3/q+1. The van der Waals surface area contributed by atoms with Crippen LogP contribution in [0, 0.1) is 5.41 Å². The SMILES string of the molecule is CCCCCC(C)(CCCCC)C[N+](C)(C)CCO. The zero-order valence-electron chi connectivity index (χ0n) is 14.2. The Morgan fingerprint density at radius 2 is 1.37 bits per heavy atom. The Hall–Kier alpha value is -0.0800. The maximum atomic E-state index is 9.21. The van der Waals surface area contributed by atoms with Gasteiger partial charge in [-0.05, 0) is 12.8 Å². The molecule has 0 bridgehead atoms. The van der Waals surface area contributed by atoms with Gasteiger partial charge in [0.15, 0.2) is 0 Å². The summed E-state index contributed by atoms with van der Waals surface area (Å²) in [6.07, 6.45) is 10.7. The van der Waals surface area contributed by atoms with Gasteiger partial charge in [0.2, 0.25) is 0 Å². The van der Waals surface area contributed by atoms with Crippen LogP contribution >= 0.6 is 0 Å². The number of aliphatic hydroxyl groups excluding tert-OH is 1. The molecular formula is C17H38NO+. The van der Waals surface area contributed by atoms with E-state index in [2.05, 4.69) is 34.9 Å². The van der Waals surface area contributed by atoms with Crippen molar-refractivity contribution in [1.82, 2.24) is 0 Å². The molecule has 0 saturated carbocycles. The number of unbranched alkanes of at least 4 members (excludes halogenated alkanes) is 4. The number of quaternary nitrogens is 1. The average Bonchev–Trinajstić information content (AvgIpc) is 2.28. The van der Waals surface area contributed by atoms with Crippen molar-refractivity contribution in [1.29, 1.82) is 0 Å². The van der Waals surface area contributed by atoms with Crippen LogP contribution in [0.1, 0.15) is 72.1 Å². The van der Waals surface area contributed by atoms with Gasteiger partial charge in [0.25, 0.3) is 0 Å². The number of hydrogen-bond acceptors (Lipinski definition) is 1. The molecular weight excluding hydrogens is 234 g/mol. The lowest BCUT2D eigenvalue weighted by Gasteiger charge is -2.39. The van der Waals surface area contributed by atoms with Crippen LogP contribution in [0.5, 0.6) is 0 Å². The molecule has 0 rings (SSSR count). The van der Waals surface area contributed by atoms with Crippen LogP contribution in [-0.4, -0.2) is 43.4 Å². The summed E-state index contributed by atoms with van der Waals surface area (Å²) in [6.45, 7) is 9.39. The molecule has 0 radical (unpaired) electrons. The zero-order valence-corrected chi connectivity index (χ0v) is 14.2. The summed E-state index contributed by atoms with van der Waals surface area (Å²) in [5, 5.41) is 9.21. The second-order valence-corrected chi connectivity index (χ2v) is 7.27. The number of hydrogen-bond donors (Lipinski definition) is 1. The highest BCUT2D eigenvalue weighted by molar-refractivity contribution is 4.74. The molecule has 0 atom stereocenters. The van der Waals surface area contributed by atoms with Crippen molar-refractivity contribution < 1.29 is 9.59 Å². The van der Waals surface area contributed by atoms with E-state index in [1.807, 2.05) is 0 Å². The van der Waals surface area contributed by atoms with Gasteiger partial charge >= 0.3 is 0 Å². The van der Waals surface area contributed by atoms with Crippen molar-refractivity contribution in [2.75, 3.05) is 33.8 Å². The van der Waals surface area contributed by atoms with E-state index in [-0.39, 0.29) is 0 Å². The summed E-state index contributed by atoms with van der Waals surface area (Å²) in [4.78, 5) is 0. The lowest BCUT2D eigenvalue weighted by atomic mass is 9.79. The topological polar surface area (TPSA) is 20.2 Å². The molecule has 1 N–H and O–H groups in total. The molecule has 0 aliphatic heterocycles. The average molecular weight is 272 g/mol. The molecule has 0 aliphatic rings. The van der Waals surface area contributed by atoms with Crippen LogP contribution in [0.15, 0.2) is 0 Å². The summed E-state index contributed by atoms with van der Waals surface area (Å²) < 4.78 is 0.950. The minimum absolute atomic E-state index is 0.299. The Kier molecular flexibility index (Phi) is 9.72. The first kappa shape index (κ1) is 18.9. The highest BCUT2D eigenvalue weighted by Gasteiger charge is 2.31. The highest BCUT2D eigenvalue weighted by Crippen LogP contribution is 2.33. The smallest absolute Gasteiger partial charge is 0.102 e. The zero-order chi connectivity index (χ0) is 14.8. The maximum Gasteiger partial charge on any atom is 0.102 e.